The Morgan fingerprint density at radius 2 is 2.00 bits per heavy atom. The number of piperazine rings is 1. The second-order valence-electron chi connectivity index (χ2n) is 8.00. The number of thiophene rings is 1. The molecule has 0 radical (unpaired) electrons. The number of halogens is 3. The number of benzene rings is 1. The fraction of sp³-hybridized carbons (Fsp3) is 0.348. The predicted molar refractivity (Wildman–Crippen MR) is 130 cm³/mol. The third-order valence-electron chi connectivity index (χ3n) is 5.46. The molecule has 3 heterocycles. The minimum Gasteiger partial charge on any atom is -0.465 e. The van der Waals surface area contributed by atoms with Crippen molar-refractivity contribution >= 4 is 45.0 Å². The number of nitrogens with one attached hydrogen (secondary N) is 2. The first-order valence-electron chi connectivity index (χ1n) is 11.0. The van der Waals surface area contributed by atoms with Gasteiger partial charge in [-0.15, -0.1) is 11.3 Å². The fourth-order valence-corrected chi connectivity index (χ4v) is 4.90. The van der Waals surface area contributed by atoms with Gasteiger partial charge in [0.1, 0.15) is 22.2 Å². The van der Waals surface area contributed by atoms with E-state index in [-0.39, 0.29) is 37.0 Å². The van der Waals surface area contributed by atoms with Gasteiger partial charge in [0.2, 0.25) is 5.84 Å². The number of carbonyl (C=O) groups excluding carboxylic acids is 1. The van der Waals surface area contributed by atoms with Gasteiger partial charge < -0.3 is 19.3 Å². The van der Waals surface area contributed by atoms with Gasteiger partial charge in [-0.2, -0.15) is 23.1 Å². The number of nitrogens with zero attached hydrogens (tertiary/aromatic N) is 4. The van der Waals surface area contributed by atoms with Gasteiger partial charge in [-0.1, -0.05) is 19.4 Å². The zero-order chi connectivity index (χ0) is 26.0. The van der Waals surface area contributed by atoms with Crippen LogP contribution in [-0.2, 0) is 11.2 Å². The third kappa shape index (κ3) is 5.25. The number of ether oxygens (including phenoxy) is 2. The lowest BCUT2D eigenvalue weighted by Crippen LogP contribution is -2.55. The van der Waals surface area contributed by atoms with Gasteiger partial charge in [0.25, 0.3) is 0 Å². The smallest absolute Gasteiger partial charge is 0.449 e. The Bertz CT molecular complexity index is 1330. The Labute approximate surface area is 208 Å². The molecular formula is C23H23F3N6O3S. The van der Waals surface area contributed by atoms with Crippen LogP contribution in [-0.4, -0.2) is 65.4 Å². The molecule has 190 valence electrons. The maximum absolute atomic E-state index is 13.0. The van der Waals surface area contributed by atoms with Crippen LogP contribution in [0.4, 0.5) is 19.0 Å². The summed E-state index contributed by atoms with van der Waals surface area (Å²) in [6.07, 6.45) is -3.09. The first-order valence-corrected chi connectivity index (χ1v) is 11.8. The highest BCUT2D eigenvalue weighted by Gasteiger charge is 2.41. The van der Waals surface area contributed by atoms with Gasteiger partial charge in [-0.25, -0.2) is 4.79 Å². The van der Waals surface area contributed by atoms with E-state index in [4.69, 9.17) is 20.3 Å². The highest BCUT2D eigenvalue weighted by Crippen LogP contribution is 2.35. The van der Waals surface area contributed by atoms with Gasteiger partial charge in [-0.3, -0.25) is 10.8 Å². The van der Waals surface area contributed by atoms with Crippen molar-refractivity contribution < 1.29 is 27.4 Å². The quantitative estimate of drug-likeness (QED) is 0.271. The molecule has 1 aliphatic rings. The van der Waals surface area contributed by atoms with Crippen molar-refractivity contribution in [3.8, 4) is 11.8 Å². The number of anilines is 1. The Hall–Kier alpha value is -3.74. The van der Waals surface area contributed by atoms with Crippen molar-refractivity contribution in [3.05, 3.63) is 40.8 Å². The van der Waals surface area contributed by atoms with Crippen LogP contribution in [0.3, 0.4) is 0 Å². The van der Waals surface area contributed by atoms with Crippen LogP contribution < -0.4 is 9.64 Å². The first kappa shape index (κ1) is 25.4. The SMILES string of the molecule is CCCc1cc2c(N3CCN(C(=N)C(F)(F)F)C(=N)C3)nc(Oc3cccc(C(=O)OC)c3)nc2s1. The number of rotatable bonds is 6. The lowest BCUT2D eigenvalue weighted by molar-refractivity contribution is -0.0671. The number of carbonyl (C=O) groups is 1. The maximum Gasteiger partial charge on any atom is 0.449 e. The minimum atomic E-state index is -4.83. The molecule has 2 N–H and O–H groups in total. The summed E-state index contributed by atoms with van der Waals surface area (Å²) in [4.78, 5) is 25.0. The monoisotopic (exact) mass is 520 g/mol. The first-order chi connectivity index (χ1) is 17.1. The number of amidine groups is 2. The average Bonchev–Trinajstić information content (AvgIpc) is 3.24. The van der Waals surface area contributed by atoms with E-state index in [9.17, 15) is 18.0 Å². The molecule has 1 aromatic carbocycles. The van der Waals surface area contributed by atoms with E-state index in [0.29, 0.717) is 26.7 Å². The summed E-state index contributed by atoms with van der Waals surface area (Å²) in [5.41, 5.74) is 0.286. The number of esters is 1. The van der Waals surface area contributed by atoms with E-state index in [1.165, 1.54) is 24.5 Å². The molecule has 0 unspecified atom stereocenters. The van der Waals surface area contributed by atoms with Crippen LogP contribution in [0.15, 0.2) is 30.3 Å². The van der Waals surface area contributed by atoms with Crippen molar-refractivity contribution in [2.75, 3.05) is 31.6 Å². The van der Waals surface area contributed by atoms with Crippen molar-refractivity contribution in [1.82, 2.24) is 14.9 Å². The summed E-state index contributed by atoms with van der Waals surface area (Å²) in [6, 6.07) is 8.28. The molecule has 3 aromatic rings. The molecule has 36 heavy (non-hydrogen) atoms. The summed E-state index contributed by atoms with van der Waals surface area (Å²) in [7, 11) is 1.28. The van der Waals surface area contributed by atoms with Gasteiger partial charge in [0.05, 0.1) is 24.6 Å². The lowest BCUT2D eigenvalue weighted by atomic mass is 10.2. The lowest BCUT2D eigenvalue weighted by Gasteiger charge is -2.37. The zero-order valence-electron chi connectivity index (χ0n) is 19.5. The minimum absolute atomic E-state index is 0.00130. The highest BCUT2D eigenvalue weighted by atomic mass is 32.1. The fourth-order valence-electron chi connectivity index (χ4n) is 3.78. The van der Waals surface area contributed by atoms with Crippen LogP contribution in [0.1, 0.15) is 28.6 Å². The van der Waals surface area contributed by atoms with Crippen molar-refractivity contribution in [3.63, 3.8) is 0 Å². The molecule has 0 spiro atoms. The molecule has 9 nitrogen and oxygen atoms in total. The summed E-state index contributed by atoms with van der Waals surface area (Å²) < 4.78 is 49.7. The van der Waals surface area contributed by atoms with Gasteiger partial charge in [0.15, 0.2) is 0 Å². The topological polar surface area (TPSA) is 115 Å². The summed E-state index contributed by atoms with van der Waals surface area (Å²) in [6.45, 7) is 1.81. The molecule has 2 aromatic heterocycles. The standard InChI is InChI=1S/C23H23F3N6O3S/c1-3-5-15-11-16-18(31-8-9-32(17(27)12-31)21(28)23(24,25)26)29-22(30-19(16)36-15)35-14-7-4-6-13(10-14)20(33)34-2/h4,6-7,10-11,27-28H,3,5,8-9,12H2,1-2H3. The number of alkyl halides is 3. The molecule has 1 saturated heterocycles. The average molecular weight is 521 g/mol. The number of aryl methyl sites for hydroxylation is 1. The molecule has 0 atom stereocenters. The number of hydrogen-bond acceptors (Lipinski definition) is 9. The van der Waals surface area contributed by atoms with Crippen LogP contribution in [0.25, 0.3) is 10.2 Å². The molecule has 1 aliphatic heterocycles. The van der Waals surface area contributed by atoms with E-state index in [1.807, 2.05) is 6.07 Å². The molecule has 0 aliphatic carbocycles. The number of aromatic nitrogens is 2. The molecule has 4 rings (SSSR count). The maximum atomic E-state index is 13.0. The third-order valence-corrected chi connectivity index (χ3v) is 6.55. The van der Waals surface area contributed by atoms with E-state index in [1.54, 1.807) is 23.1 Å². The normalized spacial score (nSPS) is 14.3. The van der Waals surface area contributed by atoms with E-state index in [2.05, 4.69) is 16.9 Å². The Morgan fingerprint density at radius 3 is 2.67 bits per heavy atom. The van der Waals surface area contributed by atoms with Crippen LogP contribution >= 0.6 is 11.3 Å². The van der Waals surface area contributed by atoms with Crippen molar-refractivity contribution in [2.45, 2.75) is 25.9 Å². The van der Waals surface area contributed by atoms with Crippen LogP contribution in [0.2, 0.25) is 0 Å². The predicted octanol–water partition coefficient (Wildman–Crippen LogP) is 4.86. The van der Waals surface area contributed by atoms with Gasteiger partial charge in [0, 0.05) is 18.0 Å². The molecule has 1 fully saturated rings. The summed E-state index contributed by atoms with van der Waals surface area (Å²) in [5.74, 6) is -1.70. The zero-order valence-corrected chi connectivity index (χ0v) is 20.3. The Morgan fingerprint density at radius 1 is 1.22 bits per heavy atom. The Balaban J connectivity index is 1.68. The van der Waals surface area contributed by atoms with E-state index in [0.717, 1.165) is 17.7 Å². The van der Waals surface area contributed by atoms with Crippen molar-refractivity contribution in [2.24, 2.45) is 0 Å². The number of fused-ring (bicyclic) bond motifs is 1. The Kier molecular flexibility index (Phi) is 7.11. The largest absolute Gasteiger partial charge is 0.465 e. The molecule has 0 bridgehead atoms. The second kappa shape index (κ2) is 10.1. The number of hydrogen-bond donors (Lipinski definition) is 2. The van der Waals surface area contributed by atoms with Gasteiger partial charge in [-0.05, 0) is 30.7 Å². The van der Waals surface area contributed by atoms with Crippen LogP contribution in [0.5, 0.6) is 11.8 Å². The second-order valence-corrected chi connectivity index (χ2v) is 9.11. The van der Waals surface area contributed by atoms with Crippen molar-refractivity contribution in [1.29, 1.82) is 10.8 Å². The molecule has 0 amide bonds. The molecule has 0 saturated carbocycles. The summed E-state index contributed by atoms with van der Waals surface area (Å²) >= 11 is 1.47. The van der Waals surface area contributed by atoms with E-state index >= 15 is 0 Å². The number of methoxy groups -OCH3 is 1. The molecule has 13 heteroatoms. The van der Waals surface area contributed by atoms with Gasteiger partial charge >= 0.3 is 18.2 Å². The van der Waals surface area contributed by atoms with Crippen LogP contribution in [0, 0.1) is 10.8 Å². The summed E-state index contributed by atoms with van der Waals surface area (Å²) in [5, 5.41) is 16.3. The van der Waals surface area contributed by atoms with E-state index < -0.39 is 18.0 Å². The molecular weight excluding hydrogens is 497 g/mol. The highest BCUT2D eigenvalue weighted by molar-refractivity contribution is 7.18.